The molecule has 0 aliphatic heterocycles. The highest BCUT2D eigenvalue weighted by atomic mass is 35.5. The standard InChI is InChI=1S/C12H7Cl4N3O3/c1-4(18)5(2-17)6(20)3-22-12(21)10-8(14)7(13)9(15)11(16)19-10/h5,18H,3H2,1H3. The van der Waals surface area contributed by atoms with Crippen molar-refractivity contribution in [1.82, 2.24) is 4.98 Å². The van der Waals surface area contributed by atoms with Gasteiger partial charge in [0.25, 0.3) is 0 Å². The third kappa shape index (κ3) is 4.08. The Morgan fingerprint density at radius 3 is 2.36 bits per heavy atom. The summed E-state index contributed by atoms with van der Waals surface area (Å²) >= 11 is 23.0. The molecule has 0 bridgehead atoms. The number of nitriles is 1. The number of rotatable bonds is 5. The zero-order valence-electron chi connectivity index (χ0n) is 10.9. The highest BCUT2D eigenvalue weighted by Crippen LogP contribution is 2.36. The van der Waals surface area contributed by atoms with Gasteiger partial charge in [0.2, 0.25) is 0 Å². The van der Waals surface area contributed by atoms with Crippen molar-refractivity contribution >= 4 is 63.9 Å². The maximum absolute atomic E-state index is 11.8. The van der Waals surface area contributed by atoms with Crippen LogP contribution in [-0.4, -0.2) is 29.1 Å². The average molecular weight is 383 g/mol. The Balaban J connectivity index is 2.90. The van der Waals surface area contributed by atoms with Gasteiger partial charge in [-0.2, -0.15) is 5.26 Å². The normalized spacial score (nSPS) is 11.5. The van der Waals surface area contributed by atoms with E-state index in [4.69, 9.17) is 61.8 Å². The number of halogens is 4. The topological polar surface area (TPSA) is 104 Å². The number of carbonyl (C=O) groups excluding carboxylic acids is 2. The Kier molecular flexibility index (Phi) is 6.57. The van der Waals surface area contributed by atoms with E-state index in [0.29, 0.717) is 0 Å². The van der Waals surface area contributed by atoms with E-state index in [-0.39, 0.29) is 25.9 Å². The third-order valence-electron chi connectivity index (χ3n) is 2.41. The number of aromatic nitrogens is 1. The van der Waals surface area contributed by atoms with E-state index in [1.165, 1.54) is 6.92 Å². The van der Waals surface area contributed by atoms with Crippen LogP contribution >= 0.6 is 46.4 Å². The Bertz CT molecular complexity index is 700. The maximum atomic E-state index is 11.8. The Morgan fingerprint density at radius 1 is 1.27 bits per heavy atom. The highest BCUT2D eigenvalue weighted by Gasteiger charge is 2.25. The van der Waals surface area contributed by atoms with Crippen LogP contribution in [0.2, 0.25) is 20.2 Å². The molecule has 1 atom stereocenters. The summed E-state index contributed by atoms with van der Waals surface area (Å²) in [6.07, 6.45) is 0. The summed E-state index contributed by atoms with van der Waals surface area (Å²) in [4.78, 5) is 27.1. The molecule has 22 heavy (non-hydrogen) atoms. The molecule has 1 aromatic heterocycles. The molecule has 1 aromatic rings. The first kappa shape index (κ1) is 18.7. The minimum atomic E-state index is -1.28. The summed E-state index contributed by atoms with van der Waals surface area (Å²) in [6, 6.07) is 1.64. The molecule has 0 aliphatic carbocycles. The SMILES string of the molecule is CC(=N)C(C#N)C(=O)COC(=O)c1nc(Cl)c(Cl)c(Cl)c1Cl. The number of nitrogens with zero attached hydrogens (tertiary/aromatic N) is 2. The number of Topliss-reactive ketones (excluding diaryl/α,β-unsaturated/α-hetero) is 1. The smallest absolute Gasteiger partial charge is 0.359 e. The molecule has 0 fully saturated rings. The largest absolute Gasteiger partial charge is 0.453 e. The molecule has 0 saturated carbocycles. The first-order valence-corrected chi connectivity index (χ1v) is 7.06. The first-order chi connectivity index (χ1) is 10.2. The minimum absolute atomic E-state index is 0.120. The molecule has 1 unspecified atom stereocenters. The summed E-state index contributed by atoms with van der Waals surface area (Å²) in [6.45, 7) is 0.577. The zero-order valence-corrected chi connectivity index (χ0v) is 13.9. The van der Waals surface area contributed by atoms with Crippen LogP contribution in [0, 0.1) is 22.7 Å². The number of ketones is 1. The molecule has 0 radical (unpaired) electrons. The van der Waals surface area contributed by atoms with Crippen molar-refractivity contribution < 1.29 is 14.3 Å². The van der Waals surface area contributed by atoms with Crippen LogP contribution in [0.25, 0.3) is 0 Å². The van der Waals surface area contributed by atoms with Crippen molar-refractivity contribution in [2.75, 3.05) is 6.61 Å². The van der Waals surface area contributed by atoms with Gasteiger partial charge in [-0.05, 0) is 6.92 Å². The fourth-order valence-electron chi connectivity index (χ4n) is 1.32. The van der Waals surface area contributed by atoms with Crippen LogP contribution in [0.5, 0.6) is 0 Å². The molecule has 6 nitrogen and oxygen atoms in total. The molecule has 0 amide bonds. The third-order valence-corrected chi connectivity index (χ3v) is 4.08. The molecule has 1 rings (SSSR count). The van der Waals surface area contributed by atoms with Gasteiger partial charge in [-0.1, -0.05) is 46.4 Å². The van der Waals surface area contributed by atoms with Gasteiger partial charge in [0.05, 0.1) is 21.1 Å². The molecule has 0 saturated heterocycles. The Morgan fingerprint density at radius 2 is 1.86 bits per heavy atom. The van der Waals surface area contributed by atoms with Gasteiger partial charge in [-0.25, -0.2) is 9.78 Å². The molecule has 0 spiro atoms. The Labute approximate surface area is 145 Å². The molecule has 0 aliphatic rings. The summed E-state index contributed by atoms with van der Waals surface area (Å²) < 4.78 is 4.71. The van der Waals surface area contributed by atoms with Crippen LogP contribution in [0.1, 0.15) is 17.4 Å². The lowest BCUT2D eigenvalue weighted by atomic mass is 10.0. The van der Waals surface area contributed by atoms with Crippen molar-refractivity contribution in [2.45, 2.75) is 6.92 Å². The number of pyridine rings is 1. The molecule has 1 heterocycles. The predicted molar refractivity (Wildman–Crippen MR) is 82.1 cm³/mol. The van der Waals surface area contributed by atoms with E-state index in [9.17, 15) is 9.59 Å². The quantitative estimate of drug-likeness (QED) is 0.475. The van der Waals surface area contributed by atoms with Crippen LogP contribution in [0.3, 0.4) is 0 Å². The number of esters is 1. The number of hydrogen-bond acceptors (Lipinski definition) is 6. The van der Waals surface area contributed by atoms with Crippen molar-refractivity contribution in [3.63, 3.8) is 0 Å². The number of ether oxygens (including phenoxy) is 1. The second-order valence-electron chi connectivity index (χ2n) is 3.98. The molecule has 0 aromatic carbocycles. The summed E-state index contributed by atoms with van der Waals surface area (Å²) in [7, 11) is 0. The summed E-state index contributed by atoms with van der Waals surface area (Å²) in [5, 5.41) is 15.2. The monoisotopic (exact) mass is 381 g/mol. The first-order valence-electron chi connectivity index (χ1n) is 5.55. The summed E-state index contributed by atoms with van der Waals surface area (Å²) in [5.41, 5.74) is -0.564. The van der Waals surface area contributed by atoms with E-state index in [2.05, 4.69) is 4.98 Å². The van der Waals surface area contributed by atoms with Gasteiger partial charge in [-0.3, -0.25) is 4.79 Å². The average Bonchev–Trinajstić information content (AvgIpc) is 2.46. The zero-order chi connectivity index (χ0) is 17.0. The maximum Gasteiger partial charge on any atom is 0.359 e. The van der Waals surface area contributed by atoms with Crippen LogP contribution in [-0.2, 0) is 9.53 Å². The predicted octanol–water partition coefficient (Wildman–Crippen LogP) is 3.60. The van der Waals surface area contributed by atoms with Crippen molar-refractivity contribution in [3.8, 4) is 6.07 Å². The van der Waals surface area contributed by atoms with Gasteiger partial charge < -0.3 is 10.1 Å². The van der Waals surface area contributed by atoms with Crippen molar-refractivity contribution in [1.29, 1.82) is 10.7 Å². The fraction of sp³-hybridized carbons (Fsp3) is 0.250. The van der Waals surface area contributed by atoms with Crippen molar-refractivity contribution in [2.24, 2.45) is 5.92 Å². The van der Waals surface area contributed by atoms with E-state index in [0.717, 1.165) is 0 Å². The van der Waals surface area contributed by atoms with E-state index in [1.807, 2.05) is 0 Å². The van der Waals surface area contributed by atoms with Gasteiger partial charge in [0.15, 0.2) is 18.1 Å². The summed E-state index contributed by atoms with van der Waals surface area (Å²) in [5.74, 6) is -3.09. The van der Waals surface area contributed by atoms with Gasteiger partial charge in [-0.15, -0.1) is 0 Å². The van der Waals surface area contributed by atoms with E-state index in [1.54, 1.807) is 6.07 Å². The fourth-order valence-corrected chi connectivity index (χ4v) is 2.13. The molecular weight excluding hydrogens is 376 g/mol. The molecule has 10 heteroatoms. The minimum Gasteiger partial charge on any atom is -0.453 e. The lowest BCUT2D eigenvalue weighted by Crippen LogP contribution is -2.25. The number of carbonyl (C=O) groups is 2. The van der Waals surface area contributed by atoms with Crippen molar-refractivity contribution in [3.05, 3.63) is 25.9 Å². The molecule has 116 valence electrons. The number of hydrogen-bond donors (Lipinski definition) is 1. The Hall–Kier alpha value is -1.39. The van der Waals surface area contributed by atoms with Gasteiger partial charge in [0.1, 0.15) is 11.1 Å². The number of nitrogens with one attached hydrogen (secondary N) is 1. The molecule has 1 N–H and O–H groups in total. The van der Waals surface area contributed by atoms with Gasteiger partial charge in [0, 0.05) is 5.71 Å². The van der Waals surface area contributed by atoms with Crippen LogP contribution < -0.4 is 0 Å². The highest BCUT2D eigenvalue weighted by molar-refractivity contribution is 6.52. The van der Waals surface area contributed by atoms with Gasteiger partial charge >= 0.3 is 5.97 Å². The van der Waals surface area contributed by atoms with Crippen LogP contribution in [0.4, 0.5) is 0 Å². The lowest BCUT2D eigenvalue weighted by Gasteiger charge is -2.09. The second kappa shape index (κ2) is 7.75. The lowest BCUT2D eigenvalue weighted by molar-refractivity contribution is -0.122. The second-order valence-corrected chi connectivity index (χ2v) is 5.47. The molecular formula is C12H7Cl4N3O3. The van der Waals surface area contributed by atoms with Crippen LogP contribution in [0.15, 0.2) is 0 Å². The van der Waals surface area contributed by atoms with E-state index >= 15 is 0 Å². The van der Waals surface area contributed by atoms with E-state index < -0.39 is 30.0 Å².